The molecule has 2 nitrogen and oxygen atoms in total. The van der Waals surface area contributed by atoms with E-state index in [0.29, 0.717) is 6.42 Å². The van der Waals surface area contributed by atoms with E-state index >= 15 is 0 Å². The highest BCUT2D eigenvalue weighted by Crippen LogP contribution is 2.20. The summed E-state index contributed by atoms with van der Waals surface area (Å²) in [6.07, 6.45) is 26.9. The highest BCUT2D eigenvalue weighted by molar-refractivity contribution is 5.92. The van der Waals surface area contributed by atoms with E-state index in [0.717, 1.165) is 23.2 Å². The van der Waals surface area contributed by atoms with Crippen molar-refractivity contribution in [1.82, 2.24) is 0 Å². The average molecular weight is 444 g/mol. The smallest absolute Gasteiger partial charge is 0.224 e. The Morgan fingerprint density at radius 2 is 0.938 bits per heavy atom. The van der Waals surface area contributed by atoms with Gasteiger partial charge in [0.1, 0.15) is 0 Å². The number of rotatable bonds is 21. The molecule has 1 amide bonds. The van der Waals surface area contributed by atoms with Crippen LogP contribution in [-0.4, -0.2) is 5.91 Å². The summed E-state index contributed by atoms with van der Waals surface area (Å²) in [6.45, 7) is 6.40. The van der Waals surface area contributed by atoms with E-state index in [1.165, 1.54) is 116 Å². The second-order valence-corrected chi connectivity index (χ2v) is 9.93. The van der Waals surface area contributed by atoms with Gasteiger partial charge in [-0.1, -0.05) is 141 Å². The summed E-state index contributed by atoms with van der Waals surface area (Å²) < 4.78 is 0. The maximum absolute atomic E-state index is 12.2. The standard InChI is InChI=1S/C30H53NO/c1-4-5-6-7-8-9-10-11-12-13-14-15-16-17-18-19-20-21-22-26-29(32)31-30-27(2)24-23-25-28(30)3/h23-25H,4-22,26H2,1-3H3,(H,31,32). The lowest BCUT2D eigenvalue weighted by molar-refractivity contribution is -0.116. The molecule has 0 aliphatic heterocycles. The topological polar surface area (TPSA) is 29.1 Å². The third-order valence-corrected chi connectivity index (χ3v) is 6.75. The lowest BCUT2D eigenvalue weighted by atomic mass is 10.0. The molecule has 0 atom stereocenters. The summed E-state index contributed by atoms with van der Waals surface area (Å²) in [5.74, 6) is 0.161. The number of para-hydroxylation sites is 1. The van der Waals surface area contributed by atoms with Crippen LogP contribution in [0.25, 0.3) is 0 Å². The summed E-state index contributed by atoms with van der Waals surface area (Å²) >= 11 is 0. The molecule has 0 spiro atoms. The molecule has 32 heavy (non-hydrogen) atoms. The summed E-state index contributed by atoms with van der Waals surface area (Å²) in [4.78, 5) is 12.2. The van der Waals surface area contributed by atoms with Crippen molar-refractivity contribution in [3.8, 4) is 0 Å². The molecule has 0 saturated carbocycles. The normalized spacial score (nSPS) is 11.1. The molecule has 1 aromatic rings. The lowest BCUT2D eigenvalue weighted by Gasteiger charge is -2.11. The van der Waals surface area contributed by atoms with Gasteiger partial charge in [-0.15, -0.1) is 0 Å². The van der Waals surface area contributed by atoms with Crippen molar-refractivity contribution in [3.63, 3.8) is 0 Å². The third kappa shape index (κ3) is 15.5. The number of anilines is 1. The van der Waals surface area contributed by atoms with Gasteiger partial charge in [0.25, 0.3) is 0 Å². The van der Waals surface area contributed by atoms with Crippen molar-refractivity contribution in [2.45, 2.75) is 149 Å². The Bertz CT molecular complexity index is 560. The van der Waals surface area contributed by atoms with E-state index < -0.39 is 0 Å². The fraction of sp³-hybridized carbons (Fsp3) is 0.767. The van der Waals surface area contributed by atoms with Gasteiger partial charge in [0.15, 0.2) is 0 Å². The van der Waals surface area contributed by atoms with Gasteiger partial charge >= 0.3 is 0 Å². The van der Waals surface area contributed by atoms with Gasteiger partial charge in [0.05, 0.1) is 0 Å². The van der Waals surface area contributed by atoms with Crippen LogP contribution in [0.1, 0.15) is 146 Å². The zero-order chi connectivity index (χ0) is 23.3. The van der Waals surface area contributed by atoms with Crippen LogP contribution >= 0.6 is 0 Å². The van der Waals surface area contributed by atoms with Crippen molar-refractivity contribution in [2.75, 3.05) is 5.32 Å². The number of benzene rings is 1. The molecule has 184 valence electrons. The van der Waals surface area contributed by atoms with Crippen LogP contribution in [0.15, 0.2) is 18.2 Å². The van der Waals surface area contributed by atoms with Gasteiger partial charge in [0.2, 0.25) is 5.91 Å². The first-order valence-corrected chi connectivity index (χ1v) is 14.0. The van der Waals surface area contributed by atoms with Crippen molar-refractivity contribution in [1.29, 1.82) is 0 Å². The van der Waals surface area contributed by atoms with Crippen molar-refractivity contribution >= 4 is 11.6 Å². The number of hydrogen-bond acceptors (Lipinski definition) is 1. The first-order chi connectivity index (χ1) is 15.6. The minimum Gasteiger partial charge on any atom is -0.326 e. The van der Waals surface area contributed by atoms with Gasteiger partial charge in [0, 0.05) is 12.1 Å². The highest BCUT2D eigenvalue weighted by Gasteiger charge is 2.06. The molecule has 2 heteroatoms. The Kier molecular flexibility index (Phi) is 18.2. The summed E-state index contributed by atoms with van der Waals surface area (Å²) in [7, 11) is 0. The second-order valence-electron chi connectivity index (χ2n) is 9.93. The maximum atomic E-state index is 12.2. The van der Waals surface area contributed by atoms with Gasteiger partial charge in [-0.2, -0.15) is 0 Å². The first kappa shape index (κ1) is 28.7. The number of carbonyl (C=O) groups excluding carboxylic acids is 1. The molecule has 0 aromatic heterocycles. The fourth-order valence-electron chi connectivity index (χ4n) is 4.58. The lowest BCUT2D eigenvalue weighted by Crippen LogP contribution is -2.13. The van der Waals surface area contributed by atoms with E-state index in [9.17, 15) is 4.79 Å². The number of aryl methyl sites for hydroxylation is 2. The minimum absolute atomic E-state index is 0.161. The molecule has 1 N–H and O–H groups in total. The Morgan fingerprint density at radius 1 is 0.594 bits per heavy atom. The number of amides is 1. The van der Waals surface area contributed by atoms with Crippen LogP contribution in [0.3, 0.4) is 0 Å². The first-order valence-electron chi connectivity index (χ1n) is 14.0. The van der Waals surface area contributed by atoms with Gasteiger partial charge in [-0.25, -0.2) is 0 Å². The molecule has 1 rings (SSSR count). The Balaban J connectivity index is 1.80. The van der Waals surface area contributed by atoms with E-state index in [2.05, 4.69) is 38.2 Å². The van der Waals surface area contributed by atoms with Gasteiger partial charge in [-0.05, 0) is 31.4 Å². The molecule has 0 radical (unpaired) electrons. The van der Waals surface area contributed by atoms with Crippen LogP contribution in [0.2, 0.25) is 0 Å². The summed E-state index contributed by atoms with van der Waals surface area (Å²) in [5, 5.41) is 3.10. The molecule has 0 unspecified atom stereocenters. The van der Waals surface area contributed by atoms with Crippen LogP contribution in [0.5, 0.6) is 0 Å². The van der Waals surface area contributed by atoms with Crippen molar-refractivity contribution in [2.24, 2.45) is 0 Å². The van der Waals surface area contributed by atoms with Gasteiger partial charge < -0.3 is 5.32 Å². The molecular weight excluding hydrogens is 390 g/mol. The molecule has 0 bridgehead atoms. The molecule has 1 aromatic carbocycles. The predicted molar refractivity (Wildman–Crippen MR) is 143 cm³/mol. The molecule has 0 fully saturated rings. The Labute approximate surface area is 200 Å². The van der Waals surface area contributed by atoms with Crippen molar-refractivity contribution < 1.29 is 4.79 Å². The van der Waals surface area contributed by atoms with E-state index in [4.69, 9.17) is 0 Å². The number of carbonyl (C=O) groups is 1. The minimum atomic E-state index is 0.161. The van der Waals surface area contributed by atoms with Crippen LogP contribution < -0.4 is 5.32 Å². The SMILES string of the molecule is CCCCCCCCCCCCCCCCCCCCCC(=O)Nc1c(C)cccc1C. The molecule has 0 heterocycles. The highest BCUT2D eigenvalue weighted by atomic mass is 16.1. The Hall–Kier alpha value is -1.31. The van der Waals surface area contributed by atoms with Crippen molar-refractivity contribution in [3.05, 3.63) is 29.3 Å². The summed E-state index contributed by atoms with van der Waals surface area (Å²) in [6, 6.07) is 6.15. The second kappa shape index (κ2) is 20.3. The van der Waals surface area contributed by atoms with Crippen LogP contribution in [0.4, 0.5) is 5.69 Å². The zero-order valence-electron chi connectivity index (χ0n) is 21.8. The van der Waals surface area contributed by atoms with Crippen LogP contribution in [-0.2, 0) is 4.79 Å². The third-order valence-electron chi connectivity index (χ3n) is 6.75. The van der Waals surface area contributed by atoms with E-state index in [-0.39, 0.29) is 5.91 Å². The largest absolute Gasteiger partial charge is 0.326 e. The number of hydrogen-bond donors (Lipinski definition) is 1. The maximum Gasteiger partial charge on any atom is 0.224 e. The average Bonchev–Trinajstić information content (AvgIpc) is 2.78. The predicted octanol–water partition coefficient (Wildman–Crippen LogP) is 10.1. The van der Waals surface area contributed by atoms with E-state index in [1.807, 2.05) is 6.07 Å². The quantitative estimate of drug-likeness (QED) is 0.188. The molecule has 0 aliphatic rings. The number of nitrogens with one attached hydrogen (secondary N) is 1. The number of unbranched alkanes of at least 4 members (excludes halogenated alkanes) is 18. The summed E-state index contributed by atoms with van der Waals surface area (Å²) in [5.41, 5.74) is 3.29. The molecular formula is C30H53NO. The zero-order valence-corrected chi connectivity index (χ0v) is 21.8. The monoisotopic (exact) mass is 443 g/mol. The molecule has 0 saturated heterocycles. The van der Waals surface area contributed by atoms with Gasteiger partial charge in [-0.3, -0.25) is 4.79 Å². The molecule has 0 aliphatic carbocycles. The van der Waals surface area contributed by atoms with Crippen LogP contribution in [0, 0.1) is 13.8 Å². The fourth-order valence-corrected chi connectivity index (χ4v) is 4.58. The Morgan fingerprint density at radius 3 is 1.31 bits per heavy atom. The van der Waals surface area contributed by atoms with E-state index in [1.54, 1.807) is 0 Å².